The molecule has 3 rings (SSSR count). The van der Waals surface area contributed by atoms with E-state index in [4.69, 9.17) is 0 Å². The quantitative estimate of drug-likeness (QED) is 0.508. The molecule has 0 saturated carbocycles. The summed E-state index contributed by atoms with van der Waals surface area (Å²) in [5.74, 6) is -0.720. The second-order valence-electron chi connectivity index (χ2n) is 5.67. The molecule has 0 bridgehead atoms. The van der Waals surface area contributed by atoms with Gasteiger partial charge in [0, 0.05) is 22.0 Å². The van der Waals surface area contributed by atoms with Crippen LogP contribution in [0, 0.1) is 13.8 Å². The zero-order valence-corrected chi connectivity index (χ0v) is 16.6. The summed E-state index contributed by atoms with van der Waals surface area (Å²) in [6, 6.07) is 12.5. The summed E-state index contributed by atoms with van der Waals surface area (Å²) in [6.45, 7) is 3.88. The standard InChI is InChI=1S/C19H17N3O3S2/c1-11-10-12(2)21-19(20-11)26-14-6-4-13(5-7-14)22-17(23)15-8-9-16(27-15)18(24)25-3/h4-10H,1-3H3,(H,22,23). The summed E-state index contributed by atoms with van der Waals surface area (Å²) >= 11 is 2.56. The SMILES string of the molecule is COC(=O)c1ccc(C(=O)Nc2ccc(Sc3nc(C)cc(C)n3)cc2)s1. The van der Waals surface area contributed by atoms with Gasteiger partial charge in [-0.25, -0.2) is 14.8 Å². The third kappa shape index (κ3) is 4.93. The van der Waals surface area contributed by atoms with E-state index in [0.29, 0.717) is 20.6 Å². The first-order valence-electron chi connectivity index (χ1n) is 8.04. The number of nitrogens with zero attached hydrogens (tertiary/aromatic N) is 2. The van der Waals surface area contributed by atoms with E-state index >= 15 is 0 Å². The third-order valence-electron chi connectivity index (χ3n) is 3.50. The number of aryl methyl sites for hydroxylation is 2. The molecule has 138 valence electrons. The fourth-order valence-corrected chi connectivity index (χ4v) is 4.00. The number of methoxy groups -OCH3 is 1. The van der Waals surface area contributed by atoms with Gasteiger partial charge in [0.15, 0.2) is 5.16 Å². The van der Waals surface area contributed by atoms with Crippen LogP contribution in [0.4, 0.5) is 5.69 Å². The number of esters is 1. The van der Waals surface area contributed by atoms with Crippen molar-refractivity contribution < 1.29 is 14.3 Å². The number of thiophene rings is 1. The summed E-state index contributed by atoms with van der Waals surface area (Å²) in [7, 11) is 1.31. The average molecular weight is 399 g/mol. The van der Waals surface area contributed by atoms with E-state index < -0.39 is 5.97 Å². The highest BCUT2D eigenvalue weighted by atomic mass is 32.2. The van der Waals surface area contributed by atoms with Crippen molar-refractivity contribution in [3.8, 4) is 0 Å². The second-order valence-corrected chi connectivity index (χ2v) is 7.79. The highest BCUT2D eigenvalue weighted by Crippen LogP contribution is 2.26. The zero-order chi connectivity index (χ0) is 19.4. The van der Waals surface area contributed by atoms with Crippen LogP contribution in [0.1, 0.15) is 30.7 Å². The van der Waals surface area contributed by atoms with Crippen LogP contribution in [0.3, 0.4) is 0 Å². The van der Waals surface area contributed by atoms with E-state index in [0.717, 1.165) is 27.6 Å². The molecule has 0 atom stereocenters. The molecule has 0 aliphatic carbocycles. The Balaban J connectivity index is 1.65. The molecular formula is C19H17N3O3S2. The molecule has 2 heterocycles. The normalized spacial score (nSPS) is 10.5. The van der Waals surface area contributed by atoms with Crippen LogP contribution in [0.25, 0.3) is 0 Å². The first kappa shape index (κ1) is 19.1. The molecule has 1 aromatic carbocycles. The smallest absolute Gasteiger partial charge is 0.348 e. The Morgan fingerprint density at radius 1 is 1.00 bits per heavy atom. The van der Waals surface area contributed by atoms with Crippen LogP contribution in [0.15, 0.2) is 52.5 Å². The molecular weight excluding hydrogens is 382 g/mol. The van der Waals surface area contributed by atoms with Gasteiger partial charge in [0.25, 0.3) is 5.91 Å². The second kappa shape index (κ2) is 8.32. The Morgan fingerprint density at radius 2 is 1.63 bits per heavy atom. The van der Waals surface area contributed by atoms with E-state index in [-0.39, 0.29) is 5.91 Å². The maximum absolute atomic E-state index is 12.3. The summed E-state index contributed by atoms with van der Waals surface area (Å²) in [5, 5.41) is 3.51. The number of anilines is 1. The summed E-state index contributed by atoms with van der Waals surface area (Å²) in [4.78, 5) is 34.4. The molecule has 0 saturated heterocycles. The molecule has 3 aromatic rings. The minimum absolute atomic E-state index is 0.270. The van der Waals surface area contributed by atoms with Gasteiger partial charge in [0.2, 0.25) is 0 Å². The number of aromatic nitrogens is 2. The van der Waals surface area contributed by atoms with Crippen molar-refractivity contribution in [2.45, 2.75) is 23.9 Å². The minimum atomic E-state index is -0.450. The highest BCUT2D eigenvalue weighted by Gasteiger charge is 2.14. The van der Waals surface area contributed by atoms with Crippen molar-refractivity contribution in [2.75, 3.05) is 12.4 Å². The van der Waals surface area contributed by atoms with Crippen molar-refractivity contribution in [1.29, 1.82) is 0 Å². The lowest BCUT2D eigenvalue weighted by Crippen LogP contribution is -2.09. The minimum Gasteiger partial charge on any atom is -0.465 e. The Morgan fingerprint density at radius 3 is 2.26 bits per heavy atom. The fourth-order valence-electron chi connectivity index (χ4n) is 2.31. The number of hydrogen-bond acceptors (Lipinski definition) is 7. The lowest BCUT2D eigenvalue weighted by atomic mass is 10.3. The molecule has 6 nitrogen and oxygen atoms in total. The topological polar surface area (TPSA) is 81.2 Å². The van der Waals surface area contributed by atoms with Gasteiger partial charge >= 0.3 is 5.97 Å². The molecule has 0 unspecified atom stereocenters. The van der Waals surface area contributed by atoms with Crippen LogP contribution in [0.5, 0.6) is 0 Å². The average Bonchev–Trinajstić information content (AvgIpc) is 3.12. The van der Waals surface area contributed by atoms with E-state index in [1.807, 2.05) is 44.2 Å². The molecule has 0 aliphatic rings. The number of ether oxygens (including phenoxy) is 1. The summed E-state index contributed by atoms with van der Waals surface area (Å²) in [6.07, 6.45) is 0. The molecule has 0 radical (unpaired) electrons. The van der Waals surface area contributed by atoms with Crippen LogP contribution in [0.2, 0.25) is 0 Å². The van der Waals surface area contributed by atoms with Gasteiger partial charge in [0.1, 0.15) is 4.88 Å². The zero-order valence-electron chi connectivity index (χ0n) is 15.0. The molecule has 8 heteroatoms. The van der Waals surface area contributed by atoms with Gasteiger partial charge in [0.05, 0.1) is 12.0 Å². The number of hydrogen-bond donors (Lipinski definition) is 1. The first-order chi connectivity index (χ1) is 12.9. The molecule has 1 N–H and O–H groups in total. The van der Waals surface area contributed by atoms with E-state index in [9.17, 15) is 9.59 Å². The molecule has 0 spiro atoms. The number of carbonyl (C=O) groups is 2. The fraction of sp³-hybridized carbons (Fsp3) is 0.158. The van der Waals surface area contributed by atoms with Gasteiger partial charge in [-0.15, -0.1) is 11.3 Å². The largest absolute Gasteiger partial charge is 0.465 e. The Bertz CT molecular complexity index is 964. The van der Waals surface area contributed by atoms with Gasteiger partial charge in [-0.2, -0.15) is 0 Å². The molecule has 27 heavy (non-hydrogen) atoms. The maximum Gasteiger partial charge on any atom is 0.348 e. The van der Waals surface area contributed by atoms with Gasteiger partial charge in [-0.05, 0) is 68.1 Å². The summed E-state index contributed by atoms with van der Waals surface area (Å²) < 4.78 is 4.65. The molecule has 0 aliphatic heterocycles. The number of benzene rings is 1. The number of carbonyl (C=O) groups excluding carboxylic acids is 2. The van der Waals surface area contributed by atoms with E-state index in [2.05, 4.69) is 20.0 Å². The first-order valence-corrected chi connectivity index (χ1v) is 9.67. The van der Waals surface area contributed by atoms with Gasteiger partial charge in [-0.1, -0.05) is 0 Å². The predicted octanol–water partition coefficient (Wildman–Crippen LogP) is 4.35. The monoisotopic (exact) mass is 399 g/mol. The summed E-state index contributed by atoms with van der Waals surface area (Å²) in [5.41, 5.74) is 2.52. The molecule has 1 amide bonds. The lowest BCUT2D eigenvalue weighted by molar-refractivity contribution is 0.0606. The van der Waals surface area contributed by atoms with Crippen LogP contribution in [-0.2, 0) is 4.74 Å². The van der Waals surface area contributed by atoms with Crippen molar-refractivity contribution in [2.24, 2.45) is 0 Å². The van der Waals surface area contributed by atoms with Crippen LogP contribution in [-0.4, -0.2) is 29.0 Å². The van der Waals surface area contributed by atoms with Gasteiger partial charge in [-0.3, -0.25) is 4.79 Å². The Labute approximate surface area is 165 Å². The highest BCUT2D eigenvalue weighted by molar-refractivity contribution is 7.99. The Hall–Kier alpha value is -2.71. The predicted molar refractivity (Wildman–Crippen MR) is 106 cm³/mol. The van der Waals surface area contributed by atoms with Crippen molar-refractivity contribution in [1.82, 2.24) is 9.97 Å². The number of amides is 1. The van der Waals surface area contributed by atoms with Crippen molar-refractivity contribution in [3.05, 3.63) is 63.6 Å². The van der Waals surface area contributed by atoms with Crippen LogP contribution < -0.4 is 5.32 Å². The van der Waals surface area contributed by atoms with E-state index in [1.54, 1.807) is 12.1 Å². The van der Waals surface area contributed by atoms with Crippen LogP contribution >= 0.6 is 23.1 Å². The maximum atomic E-state index is 12.3. The van der Waals surface area contributed by atoms with Gasteiger partial charge < -0.3 is 10.1 Å². The number of nitrogens with one attached hydrogen (secondary N) is 1. The van der Waals surface area contributed by atoms with Crippen molar-refractivity contribution >= 4 is 40.7 Å². The molecule has 0 fully saturated rings. The van der Waals surface area contributed by atoms with E-state index in [1.165, 1.54) is 18.9 Å². The molecule has 2 aromatic heterocycles. The Kier molecular flexibility index (Phi) is 5.88. The van der Waals surface area contributed by atoms with Crippen molar-refractivity contribution in [3.63, 3.8) is 0 Å². The third-order valence-corrected chi connectivity index (χ3v) is 5.44. The number of rotatable bonds is 5. The lowest BCUT2D eigenvalue weighted by Gasteiger charge is -2.06.